The number of hydrazine groups is 1. The average molecular weight is 182 g/mol. The van der Waals surface area contributed by atoms with Gasteiger partial charge >= 0.3 is 0 Å². The van der Waals surface area contributed by atoms with E-state index in [1.165, 1.54) is 32.1 Å². The lowest BCUT2D eigenvalue weighted by atomic mass is 9.75. The molecule has 2 aliphatic heterocycles. The first-order chi connectivity index (χ1) is 6.18. The van der Waals surface area contributed by atoms with Gasteiger partial charge < -0.3 is 0 Å². The molecule has 0 spiro atoms. The van der Waals surface area contributed by atoms with Gasteiger partial charge in [-0.15, -0.1) is 0 Å². The van der Waals surface area contributed by atoms with Crippen molar-refractivity contribution in [3.63, 3.8) is 0 Å². The molecular formula is C11H22N2. The maximum atomic E-state index is 6.08. The summed E-state index contributed by atoms with van der Waals surface area (Å²) in [7, 11) is 0. The first kappa shape index (κ1) is 9.47. The lowest BCUT2D eigenvalue weighted by Gasteiger charge is -2.47. The minimum Gasteiger partial charge on any atom is -0.268 e. The summed E-state index contributed by atoms with van der Waals surface area (Å²) < 4.78 is 0. The molecule has 2 aliphatic rings. The summed E-state index contributed by atoms with van der Waals surface area (Å²) in [6, 6.07) is 1.39. The molecule has 0 aliphatic carbocycles. The molecule has 0 amide bonds. The van der Waals surface area contributed by atoms with Crippen molar-refractivity contribution >= 4 is 0 Å². The minimum atomic E-state index is 0.694. The van der Waals surface area contributed by atoms with E-state index in [1.807, 2.05) is 0 Å². The molecule has 13 heavy (non-hydrogen) atoms. The Morgan fingerprint density at radius 2 is 1.69 bits per heavy atom. The monoisotopic (exact) mass is 182 g/mol. The van der Waals surface area contributed by atoms with E-state index in [1.54, 1.807) is 0 Å². The third kappa shape index (κ3) is 1.75. The molecule has 2 fully saturated rings. The zero-order valence-electron chi connectivity index (χ0n) is 8.87. The Bertz CT molecular complexity index is 165. The molecule has 2 rings (SSSR count). The highest BCUT2D eigenvalue weighted by Crippen LogP contribution is 2.37. The van der Waals surface area contributed by atoms with Gasteiger partial charge in [0, 0.05) is 12.1 Å². The fourth-order valence-electron chi connectivity index (χ4n) is 3.00. The minimum absolute atomic E-state index is 0.694. The van der Waals surface area contributed by atoms with Crippen molar-refractivity contribution in [2.45, 2.75) is 58.0 Å². The molecule has 0 aromatic heterocycles. The van der Waals surface area contributed by atoms with Gasteiger partial charge in [-0.1, -0.05) is 20.3 Å². The smallest absolute Gasteiger partial charge is 0.0247 e. The SMILES string of the molecule is CC(C)C1CC2CCCC(C1)N2N. The highest BCUT2D eigenvalue weighted by Gasteiger charge is 2.37. The van der Waals surface area contributed by atoms with E-state index < -0.39 is 0 Å². The van der Waals surface area contributed by atoms with Gasteiger partial charge in [0.1, 0.15) is 0 Å². The van der Waals surface area contributed by atoms with Crippen LogP contribution in [0.3, 0.4) is 0 Å². The van der Waals surface area contributed by atoms with Crippen LogP contribution < -0.4 is 5.84 Å². The zero-order chi connectivity index (χ0) is 9.42. The predicted octanol–water partition coefficient (Wildman–Crippen LogP) is 2.15. The van der Waals surface area contributed by atoms with Gasteiger partial charge in [0.05, 0.1) is 0 Å². The normalized spacial score (nSPS) is 41.1. The second-order valence-electron chi connectivity index (χ2n) is 5.16. The zero-order valence-corrected chi connectivity index (χ0v) is 8.87. The number of fused-ring (bicyclic) bond motifs is 2. The number of piperidine rings is 2. The molecule has 0 aromatic carbocycles. The van der Waals surface area contributed by atoms with Crippen LogP contribution in [-0.4, -0.2) is 17.1 Å². The number of rotatable bonds is 1. The third-order valence-electron chi connectivity index (χ3n) is 4.01. The van der Waals surface area contributed by atoms with Crippen LogP contribution in [0.2, 0.25) is 0 Å². The first-order valence-corrected chi connectivity index (χ1v) is 5.71. The fourth-order valence-corrected chi connectivity index (χ4v) is 3.00. The van der Waals surface area contributed by atoms with Gasteiger partial charge in [-0.3, -0.25) is 5.84 Å². The van der Waals surface area contributed by atoms with Crippen LogP contribution in [0.1, 0.15) is 46.0 Å². The Labute approximate surface area is 81.4 Å². The number of nitrogens with two attached hydrogens (primary N) is 1. The van der Waals surface area contributed by atoms with Crippen molar-refractivity contribution < 1.29 is 0 Å². The summed E-state index contributed by atoms with van der Waals surface area (Å²) >= 11 is 0. The van der Waals surface area contributed by atoms with Crippen molar-refractivity contribution in [1.29, 1.82) is 0 Å². The van der Waals surface area contributed by atoms with E-state index in [0.29, 0.717) is 12.1 Å². The van der Waals surface area contributed by atoms with Crippen LogP contribution in [0.25, 0.3) is 0 Å². The van der Waals surface area contributed by atoms with Crippen molar-refractivity contribution in [2.24, 2.45) is 17.7 Å². The van der Waals surface area contributed by atoms with Crippen LogP contribution >= 0.6 is 0 Å². The Morgan fingerprint density at radius 1 is 1.15 bits per heavy atom. The fraction of sp³-hybridized carbons (Fsp3) is 1.00. The summed E-state index contributed by atoms with van der Waals surface area (Å²) in [5, 5.41) is 2.16. The van der Waals surface area contributed by atoms with Crippen LogP contribution in [-0.2, 0) is 0 Å². The predicted molar refractivity (Wildman–Crippen MR) is 55.0 cm³/mol. The van der Waals surface area contributed by atoms with Crippen LogP contribution in [0.5, 0.6) is 0 Å². The molecule has 0 radical (unpaired) electrons. The van der Waals surface area contributed by atoms with Crippen molar-refractivity contribution in [1.82, 2.24) is 5.01 Å². The standard InChI is InChI=1S/C11H22N2/c1-8(2)9-6-10-4-3-5-11(7-9)13(10)12/h8-11H,3-7,12H2,1-2H3. The summed E-state index contributed by atoms with van der Waals surface area (Å²) in [4.78, 5) is 0. The number of hydrogen-bond acceptors (Lipinski definition) is 2. The lowest BCUT2D eigenvalue weighted by Crippen LogP contribution is -2.56. The second-order valence-corrected chi connectivity index (χ2v) is 5.16. The van der Waals surface area contributed by atoms with E-state index in [-0.39, 0.29) is 0 Å². The van der Waals surface area contributed by atoms with Crippen molar-refractivity contribution in [3.8, 4) is 0 Å². The highest BCUT2D eigenvalue weighted by molar-refractivity contribution is 4.90. The molecule has 0 saturated carbocycles. The summed E-state index contributed by atoms with van der Waals surface area (Å²) in [5.41, 5.74) is 0. The maximum Gasteiger partial charge on any atom is 0.0247 e. The van der Waals surface area contributed by atoms with E-state index >= 15 is 0 Å². The molecule has 2 saturated heterocycles. The molecule has 2 N–H and O–H groups in total. The Hall–Kier alpha value is -0.0800. The molecule has 2 nitrogen and oxygen atoms in total. The first-order valence-electron chi connectivity index (χ1n) is 5.71. The lowest BCUT2D eigenvalue weighted by molar-refractivity contribution is 0.00150. The van der Waals surface area contributed by atoms with E-state index in [4.69, 9.17) is 5.84 Å². The molecule has 76 valence electrons. The molecule has 2 atom stereocenters. The topological polar surface area (TPSA) is 29.3 Å². The average Bonchev–Trinajstić information content (AvgIpc) is 2.02. The van der Waals surface area contributed by atoms with Gasteiger partial charge in [0.25, 0.3) is 0 Å². The van der Waals surface area contributed by atoms with Gasteiger partial charge in [-0.2, -0.15) is 0 Å². The molecule has 2 heterocycles. The quantitative estimate of drug-likeness (QED) is 0.630. The summed E-state index contributed by atoms with van der Waals surface area (Å²) in [6.45, 7) is 4.71. The van der Waals surface area contributed by atoms with Crippen molar-refractivity contribution in [2.75, 3.05) is 0 Å². The van der Waals surface area contributed by atoms with Crippen LogP contribution in [0.4, 0.5) is 0 Å². The largest absolute Gasteiger partial charge is 0.268 e. The van der Waals surface area contributed by atoms with E-state index in [2.05, 4.69) is 18.9 Å². The van der Waals surface area contributed by atoms with Crippen LogP contribution in [0.15, 0.2) is 0 Å². The third-order valence-corrected chi connectivity index (χ3v) is 4.01. The molecule has 0 aromatic rings. The molecule has 2 unspecified atom stereocenters. The van der Waals surface area contributed by atoms with Gasteiger partial charge in [-0.25, -0.2) is 5.01 Å². The Morgan fingerprint density at radius 3 is 2.15 bits per heavy atom. The van der Waals surface area contributed by atoms with E-state index in [9.17, 15) is 0 Å². The summed E-state index contributed by atoms with van der Waals surface area (Å²) in [6.07, 6.45) is 6.73. The Balaban J connectivity index is 2.03. The van der Waals surface area contributed by atoms with Gasteiger partial charge in [0.15, 0.2) is 0 Å². The van der Waals surface area contributed by atoms with Gasteiger partial charge in [-0.05, 0) is 37.5 Å². The number of hydrogen-bond donors (Lipinski definition) is 1. The second kappa shape index (κ2) is 3.58. The maximum absolute atomic E-state index is 6.08. The highest BCUT2D eigenvalue weighted by atomic mass is 15.4. The summed E-state index contributed by atoms with van der Waals surface area (Å²) in [5.74, 6) is 7.85. The Kier molecular flexibility index (Phi) is 2.61. The molecule has 2 heteroatoms. The van der Waals surface area contributed by atoms with Gasteiger partial charge in [0.2, 0.25) is 0 Å². The number of nitrogens with zero attached hydrogens (tertiary/aromatic N) is 1. The molecule has 2 bridgehead atoms. The van der Waals surface area contributed by atoms with E-state index in [0.717, 1.165) is 11.8 Å². The van der Waals surface area contributed by atoms with Crippen LogP contribution in [0, 0.1) is 11.8 Å². The molecular weight excluding hydrogens is 160 g/mol. The van der Waals surface area contributed by atoms with Crippen molar-refractivity contribution in [3.05, 3.63) is 0 Å².